The fourth-order valence-electron chi connectivity index (χ4n) is 2.17. The maximum Gasteiger partial charge on any atom is 0.354 e. The van der Waals surface area contributed by atoms with Crippen LogP contribution in [0.15, 0.2) is 24.5 Å². The molecular weight excluding hydrogens is 316 g/mol. The summed E-state index contributed by atoms with van der Waals surface area (Å²) in [6.45, 7) is 0. The van der Waals surface area contributed by atoms with Crippen molar-refractivity contribution in [3.63, 3.8) is 0 Å². The molecule has 0 saturated carbocycles. The summed E-state index contributed by atoms with van der Waals surface area (Å²) in [6, 6.07) is 2.48. The lowest BCUT2D eigenvalue weighted by atomic mass is 10.4. The number of carbonyl (C=O) groups excluding carboxylic acids is 3. The molecule has 2 amide bonds. The molecule has 128 valence electrons. The van der Waals surface area contributed by atoms with Gasteiger partial charge in [-0.25, -0.2) is 14.4 Å². The van der Waals surface area contributed by atoms with E-state index in [1.54, 1.807) is 35.6 Å². The Bertz CT molecular complexity index is 726. The molecule has 24 heavy (non-hydrogen) atoms. The Balaban J connectivity index is 2.06. The predicted molar refractivity (Wildman–Crippen MR) is 86.1 cm³/mol. The maximum atomic E-state index is 12.0. The molecule has 0 bridgehead atoms. The van der Waals surface area contributed by atoms with Crippen LogP contribution in [0, 0.1) is 0 Å². The van der Waals surface area contributed by atoms with Crippen molar-refractivity contribution in [3.8, 4) is 0 Å². The zero-order chi connectivity index (χ0) is 17.9. The van der Waals surface area contributed by atoms with Crippen LogP contribution >= 0.6 is 0 Å². The molecule has 0 aliphatic carbocycles. The Hall–Kier alpha value is -3.23. The second-order valence-corrected chi connectivity index (χ2v) is 5.01. The van der Waals surface area contributed by atoms with Gasteiger partial charge in [0.15, 0.2) is 0 Å². The van der Waals surface area contributed by atoms with Gasteiger partial charge in [-0.05, 0) is 12.1 Å². The summed E-state index contributed by atoms with van der Waals surface area (Å²) in [5, 5.41) is 5.20. The molecular formula is C15H18N4O5. The van der Waals surface area contributed by atoms with Crippen LogP contribution in [-0.2, 0) is 23.6 Å². The Labute approximate surface area is 138 Å². The van der Waals surface area contributed by atoms with Gasteiger partial charge in [-0.1, -0.05) is 0 Å². The van der Waals surface area contributed by atoms with E-state index in [-0.39, 0.29) is 0 Å². The number of esters is 2. The molecule has 2 N–H and O–H groups in total. The topological polar surface area (TPSA) is 104 Å². The van der Waals surface area contributed by atoms with Crippen molar-refractivity contribution >= 4 is 29.3 Å². The third-order valence-electron chi connectivity index (χ3n) is 3.31. The second-order valence-electron chi connectivity index (χ2n) is 5.01. The second kappa shape index (κ2) is 6.90. The molecule has 0 radical (unpaired) electrons. The summed E-state index contributed by atoms with van der Waals surface area (Å²) < 4.78 is 12.4. The first-order valence-corrected chi connectivity index (χ1v) is 6.93. The number of methoxy groups -OCH3 is 2. The van der Waals surface area contributed by atoms with Gasteiger partial charge in [-0.2, -0.15) is 0 Å². The summed E-state index contributed by atoms with van der Waals surface area (Å²) in [5.74, 6) is -1.01. The molecule has 0 spiro atoms. The molecule has 0 saturated heterocycles. The van der Waals surface area contributed by atoms with Crippen LogP contribution in [0.25, 0.3) is 0 Å². The summed E-state index contributed by atoms with van der Waals surface area (Å²) in [4.78, 5) is 35.1. The van der Waals surface area contributed by atoms with Crippen LogP contribution in [0.4, 0.5) is 16.2 Å². The molecule has 0 unspecified atom stereocenters. The molecule has 0 fully saturated rings. The van der Waals surface area contributed by atoms with Crippen molar-refractivity contribution in [1.29, 1.82) is 0 Å². The highest BCUT2D eigenvalue weighted by Gasteiger charge is 2.15. The predicted octanol–water partition coefficient (Wildman–Crippen LogP) is 1.58. The summed E-state index contributed by atoms with van der Waals surface area (Å²) in [7, 11) is 5.89. The highest BCUT2D eigenvalue weighted by atomic mass is 16.5. The van der Waals surface area contributed by atoms with Crippen molar-refractivity contribution < 1.29 is 23.9 Å². The van der Waals surface area contributed by atoms with Gasteiger partial charge in [0.1, 0.15) is 11.4 Å². The zero-order valence-electron chi connectivity index (χ0n) is 13.7. The molecule has 0 aliphatic heterocycles. The third-order valence-corrected chi connectivity index (χ3v) is 3.31. The fourth-order valence-corrected chi connectivity index (χ4v) is 2.17. The third kappa shape index (κ3) is 3.57. The van der Waals surface area contributed by atoms with Crippen molar-refractivity contribution in [2.45, 2.75) is 0 Å². The number of urea groups is 1. The summed E-state index contributed by atoms with van der Waals surface area (Å²) >= 11 is 0. The van der Waals surface area contributed by atoms with E-state index < -0.39 is 18.0 Å². The maximum absolute atomic E-state index is 12.0. The normalized spacial score (nSPS) is 10.2. The molecule has 9 heteroatoms. The molecule has 2 rings (SSSR count). The van der Waals surface area contributed by atoms with E-state index >= 15 is 0 Å². The largest absolute Gasteiger partial charge is 0.464 e. The standard InChI is InChI=1S/C15H18N4O5/c1-18-7-9(5-11(18)13(20)23-3)16-15(22)17-10-6-12(14(21)24-4)19(2)8-10/h5-8H,1-4H3,(H2,16,17,22). The average molecular weight is 334 g/mol. The van der Waals surface area contributed by atoms with Crippen molar-refractivity contribution in [2.24, 2.45) is 14.1 Å². The van der Waals surface area contributed by atoms with Gasteiger partial charge in [0.2, 0.25) is 0 Å². The van der Waals surface area contributed by atoms with Crippen LogP contribution in [-0.4, -0.2) is 41.3 Å². The fraction of sp³-hybridized carbons (Fsp3) is 0.267. The molecule has 2 heterocycles. The van der Waals surface area contributed by atoms with E-state index in [4.69, 9.17) is 0 Å². The van der Waals surface area contributed by atoms with Crippen LogP contribution in [0.3, 0.4) is 0 Å². The van der Waals surface area contributed by atoms with Crippen LogP contribution < -0.4 is 10.6 Å². The number of nitrogens with one attached hydrogen (secondary N) is 2. The van der Waals surface area contributed by atoms with E-state index in [2.05, 4.69) is 20.1 Å². The number of rotatable bonds is 4. The smallest absolute Gasteiger partial charge is 0.354 e. The number of anilines is 2. The number of amides is 2. The SMILES string of the molecule is COC(=O)c1cc(NC(=O)Nc2cc(C(=O)OC)n(C)c2)cn1C. The van der Waals surface area contributed by atoms with E-state index in [9.17, 15) is 14.4 Å². The Kier molecular flexibility index (Phi) is 4.93. The average Bonchev–Trinajstić information content (AvgIpc) is 3.08. The summed E-state index contributed by atoms with van der Waals surface area (Å²) in [6.07, 6.45) is 3.16. The van der Waals surface area contributed by atoms with E-state index in [1.165, 1.54) is 26.4 Å². The van der Waals surface area contributed by atoms with Gasteiger partial charge < -0.3 is 29.2 Å². The summed E-state index contributed by atoms with van der Waals surface area (Å²) in [5.41, 5.74) is 1.47. The first-order valence-electron chi connectivity index (χ1n) is 6.93. The van der Waals surface area contributed by atoms with Crippen LogP contribution in [0.2, 0.25) is 0 Å². The van der Waals surface area contributed by atoms with Crippen LogP contribution in [0.1, 0.15) is 21.0 Å². The monoisotopic (exact) mass is 334 g/mol. The molecule has 2 aromatic heterocycles. The van der Waals surface area contributed by atoms with Gasteiger partial charge in [0.25, 0.3) is 0 Å². The number of carbonyl (C=O) groups is 3. The highest BCUT2D eigenvalue weighted by Crippen LogP contribution is 2.16. The lowest BCUT2D eigenvalue weighted by Crippen LogP contribution is -2.18. The van der Waals surface area contributed by atoms with Crippen LogP contribution in [0.5, 0.6) is 0 Å². The number of hydrogen-bond donors (Lipinski definition) is 2. The van der Waals surface area contributed by atoms with Crippen molar-refractivity contribution in [1.82, 2.24) is 9.13 Å². The van der Waals surface area contributed by atoms with E-state index in [0.717, 1.165) is 0 Å². The zero-order valence-corrected chi connectivity index (χ0v) is 13.7. The van der Waals surface area contributed by atoms with E-state index in [1.807, 2.05) is 0 Å². The van der Waals surface area contributed by atoms with Gasteiger partial charge >= 0.3 is 18.0 Å². The molecule has 9 nitrogen and oxygen atoms in total. The Morgan fingerprint density at radius 3 is 1.54 bits per heavy atom. The van der Waals surface area contributed by atoms with Gasteiger partial charge in [-0.15, -0.1) is 0 Å². The van der Waals surface area contributed by atoms with Gasteiger partial charge in [0.05, 0.1) is 25.6 Å². The Morgan fingerprint density at radius 1 is 0.833 bits per heavy atom. The minimum Gasteiger partial charge on any atom is -0.464 e. The minimum atomic E-state index is -0.515. The quantitative estimate of drug-likeness (QED) is 0.826. The molecule has 2 aromatic rings. The highest BCUT2D eigenvalue weighted by molar-refractivity contribution is 6.01. The van der Waals surface area contributed by atoms with E-state index in [0.29, 0.717) is 22.8 Å². The number of hydrogen-bond acceptors (Lipinski definition) is 5. The van der Waals surface area contributed by atoms with Crippen molar-refractivity contribution in [2.75, 3.05) is 24.9 Å². The first kappa shape index (κ1) is 17.1. The lowest BCUT2D eigenvalue weighted by Gasteiger charge is -2.03. The van der Waals surface area contributed by atoms with Gasteiger partial charge in [-0.3, -0.25) is 0 Å². The minimum absolute atomic E-state index is 0.306. The number of aryl methyl sites for hydroxylation is 2. The Morgan fingerprint density at radius 2 is 1.21 bits per heavy atom. The first-order chi connectivity index (χ1) is 11.3. The number of ether oxygens (including phenoxy) is 2. The lowest BCUT2D eigenvalue weighted by molar-refractivity contribution is 0.0581. The molecule has 0 atom stereocenters. The number of nitrogens with zero attached hydrogens (tertiary/aromatic N) is 2. The molecule has 0 aliphatic rings. The molecule has 0 aromatic carbocycles. The van der Waals surface area contributed by atoms with Crippen molar-refractivity contribution in [3.05, 3.63) is 35.9 Å². The number of aromatic nitrogens is 2. The van der Waals surface area contributed by atoms with Gasteiger partial charge in [0, 0.05) is 26.5 Å².